The Bertz CT molecular complexity index is 437. The van der Waals surface area contributed by atoms with Crippen molar-refractivity contribution < 1.29 is 9.53 Å². The minimum Gasteiger partial charge on any atom is -0.381 e. The monoisotopic (exact) mass is 380 g/mol. The number of nitrogens with zero attached hydrogens (tertiary/aromatic N) is 3. The van der Waals surface area contributed by atoms with E-state index in [9.17, 15) is 4.79 Å². The van der Waals surface area contributed by atoms with Gasteiger partial charge in [-0.05, 0) is 19.3 Å². The standard InChI is InChI=1S/C21H40N4O2/c1-2-3-4-5-6-7-8-9-10-11-17-27-18-13-15-22-21(26)14-12-16-25-19-23-24-20-25/h19-20H,2-18H2,1H3,(H,22,26). The second kappa shape index (κ2) is 18.0. The Morgan fingerprint density at radius 2 is 1.44 bits per heavy atom. The van der Waals surface area contributed by atoms with E-state index in [4.69, 9.17) is 4.74 Å². The van der Waals surface area contributed by atoms with Crippen molar-refractivity contribution in [1.29, 1.82) is 0 Å². The van der Waals surface area contributed by atoms with E-state index in [1.807, 2.05) is 4.57 Å². The number of aryl methyl sites for hydroxylation is 1. The molecule has 1 aromatic heterocycles. The number of hydrogen-bond acceptors (Lipinski definition) is 4. The van der Waals surface area contributed by atoms with Gasteiger partial charge in [-0.25, -0.2) is 0 Å². The Morgan fingerprint density at radius 1 is 0.852 bits per heavy atom. The third-order valence-electron chi connectivity index (χ3n) is 4.72. The van der Waals surface area contributed by atoms with Crippen LogP contribution < -0.4 is 5.32 Å². The van der Waals surface area contributed by atoms with Crippen LogP contribution >= 0.6 is 0 Å². The van der Waals surface area contributed by atoms with Gasteiger partial charge in [0.1, 0.15) is 12.7 Å². The van der Waals surface area contributed by atoms with Crippen molar-refractivity contribution in [2.24, 2.45) is 0 Å². The summed E-state index contributed by atoms with van der Waals surface area (Å²) in [5, 5.41) is 10.4. The zero-order chi connectivity index (χ0) is 19.4. The summed E-state index contributed by atoms with van der Waals surface area (Å²) in [5.41, 5.74) is 0. The average Bonchev–Trinajstić information content (AvgIpc) is 3.18. The van der Waals surface area contributed by atoms with Gasteiger partial charge in [0.05, 0.1) is 0 Å². The lowest BCUT2D eigenvalue weighted by molar-refractivity contribution is -0.121. The maximum atomic E-state index is 11.7. The first-order valence-corrected chi connectivity index (χ1v) is 11.0. The predicted molar refractivity (Wildman–Crippen MR) is 110 cm³/mol. The van der Waals surface area contributed by atoms with Gasteiger partial charge in [0.15, 0.2) is 0 Å². The number of carbonyl (C=O) groups excluding carboxylic acids is 1. The molecule has 1 heterocycles. The average molecular weight is 381 g/mol. The summed E-state index contributed by atoms with van der Waals surface area (Å²) < 4.78 is 7.53. The van der Waals surface area contributed by atoms with Crippen molar-refractivity contribution in [3.8, 4) is 0 Å². The molecule has 6 nitrogen and oxygen atoms in total. The SMILES string of the molecule is CCCCCCCCCCCCOCCCNC(=O)CCCn1cnnc1. The summed E-state index contributed by atoms with van der Waals surface area (Å²) in [7, 11) is 0. The third kappa shape index (κ3) is 15.3. The highest BCUT2D eigenvalue weighted by atomic mass is 16.5. The third-order valence-corrected chi connectivity index (χ3v) is 4.72. The van der Waals surface area contributed by atoms with Crippen molar-refractivity contribution in [3.63, 3.8) is 0 Å². The van der Waals surface area contributed by atoms with Gasteiger partial charge in [0.2, 0.25) is 5.91 Å². The number of aromatic nitrogens is 3. The molecule has 1 aromatic rings. The van der Waals surface area contributed by atoms with E-state index in [0.29, 0.717) is 13.0 Å². The van der Waals surface area contributed by atoms with Crippen LogP contribution in [0.2, 0.25) is 0 Å². The molecule has 0 saturated heterocycles. The van der Waals surface area contributed by atoms with Crippen LogP contribution in [-0.2, 0) is 16.1 Å². The Kier molecular flexibility index (Phi) is 15.7. The number of unbranched alkanes of at least 4 members (excludes halogenated alkanes) is 9. The maximum Gasteiger partial charge on any atom is 0.220 e. The minimum atomic E-state index is 0.109. The van der Waals surface area contributed by atoms with E-state index in [-0.39, 0.29) is 5.91 Å². The first-order chi connectivity index (χ1) is 13.3. The van der Waals surface area contributed by atoms with E-state index in [0.717, 1.165) is 39.0 Å². The van der Waals surface area contributed by atoms with Crippen LogP contribution in [0.3, 0.4) is 0 Å². The molecule has 0 aliphatic carbocycles. The van der Waals surface area contributed by atoms with Crippen molar-refractivity contribution in [1.82, 2.24) is 20.1 Å². The molecule has 0 unspecified atom stereocenters. The summed E-state index contributed by atoms with van der Waals surface area (Å²) >= 11 is 0. The molecule has 0 radical (unpaired) electrons. The molecule has 0 aliphatic rings. The van der Waals surface area contributed by atoms with Crippen LogP contribution in [-0.4, -0.2) is 40.4 Å². The Hall–Kier alpha value is -1.43. The van der Waals surface area contributed by atoms with Crippen molar-refractivity contribution >= 4 is 5.91 Å². The van der Waals surface area contributed by atoms with Crippen LogP contribution in [0.4, 0.5) is 0 Å². The molecule has 1 rings (SSSR count). The van der Waals surface area contributed by atoms with Gasteiger partial charge >= 0.3 is 0 Å². The predicted octanol–water partition coefficient (Wildman–Crippen LogP) is 4.50. The van der Waals surface area contributed by atoms with Gasteiger partial charge in [-0.15, -0.1) is 10.2 Å². The lowest BCUT2D eigenvalue weighted by atomic mass is 10.1. The summed E-state index contributed by atoms with van der Waals surface area (Å²) in [6.45, 7) is 5.33. The smallest absolute Gasteiger partial charge is 0.220 e. The topological polar surface area (TPSA) is 69.0 Å². The van der Waals surface area contributed by atoms with E-state index in [1.54, 1.807) is 12.7 Å². The number of ether oxygens (including phenoxy) is 1. The lowest BCUT2D eigenvalue weighted by Gasteiger charge is -2.07. The Morgan fingerprint density at radius 3 is 2.11 bits per heavy atom. The molecule has 0 spiro atoms. The first kappa shape index (κ1) is 23.6. The molecule has 0 aromatic carbocycles. The van der Waals surface area contributed by atoms with Gasteiger partial charge in [0, 0.05) is 32.7 Å². The molecule has 6 heteroatoms. The van der Waals surface area contributed by atoms with E-state index in [2.05, 4.69) is 22.4 Å². The lowest BCUT2D eigenvalue weighted by Crippen LogP contribution is -2.25. The van der Waals surface area contributed by atoms with Gasteiger partial charge in [0.25, 0.3) is 0 Å². The molecule has 0 atom stereocenters. The molecule has 0 bridgehead atoms. The number of rotatable bonds is 19. The maximum absolute atomic E-state index is 11.7. The van der Waals surface area contributed by atoms with Crippen molar-refractivity contribution in [2.75, 3.05) is 19.8 Å². The number of nitrogens with one attached hydrogen (secondary N) is 1. The largest absolute Gasteiger partial charge is 0.381 e. The first-order valence-electron chi connectivity index (χ1n) is 11.0. The fourth-order valence-corrected chi connectivity index (χ4v) is 3.04. The molecular formula is C21H40N4O2. The highest BCUT2D eigenvalue weighted by Gasteiger charge is 2.01. The van der Waals surface area contributed by atoms with E-state index < -0.39 is 0 Å². The van der Waals surface area contributed by atoms with Crippen molar-refractivity contribution in [3.05, 3.63) is 12.7 Å². The molecule has 27 heavy (non-hydrogen) atoms. The van der Waals surface area contributed by atoms with Crippen LogP contribution in [0.15, 0.2) is 12.7 Å². The summed E-state index contributed by atoms with van der Waals surface area (Å²) in [4.78, 5) is 11.7. The zero-order valence-corrected chi connectivity index (χ0v) is 17.3. The quantitative estimate of drug-likeness (QED) is 0.359. The summed E-state index contributed by atoms with van der Waals surface area (Å²) in [6.07, 6.45) is 19.1. The van der Waals surface area contributed by atoms with Gasteiger partial charge in [-0.1, -0.05) is 64.7 Å². The molecule has 0 fully saturated rings. The van der Waals surface area contributed by atoms with Crippen LogP contribution in [0, 0.1) is 0 Å². The Labute approximate surface area is 165 Å². The molecule has 1 N–H and O–H groups in total. The molecule has 0 aliphatic heterocycles. The van der Waals surface area contributed by atoms with E-state index >= 15 is 0 Å². The molecule has 0 saturated carbocycles. The Balaban J connectivity index is 1.73. The number of carbonyl (C=O) groups is 1. The van der Waals surface area contributed by atoms with Gasteiger partial charge < -0.3 is 14.6 Å². The molecule has 1 amide bonds. The minimum absolute atomic E-state index is 0.109. The van der Waals surface area contributed by atoms with E-state index in [1.165, 1.54) is 57.8 Å². The van der Waals surface area contributed by atoms with Gasteiger partial charge in [-0.2, -0.15) is 0 Å². The number of amides is 1. The second-order valence-electron chi connectivity index (χ2n) is 7.30. The highest BCUT2D eigenvalue weighted by molar-refractivity contribution is 5.75. The van der Waals surface area contributed by atoms with Crippen LogP contribution in [0.1, 0.15) is 90.4 Å². The summed E-state index contributed by atoms with van der Waals surface area (Å²) in [5.74, 6) is 0.109. The van der Waals surface area contributed by atoms with Crippen molar-refractivity contribution in [2.45, 2.75) is 96.9 Å². The summed E-state index contributed by atoms with van der Waals surface area (Å²) in [6, 6.07) is 0. The zero-order valence-electron chi connectivity index (χ0n) is 17.3. The fourth-order valence-electron chi connectivity index (χ4n) is 3.04. The normalized spacial score (nSPS) is 11.0. The van der Waals surface area contributed by atoms with Gasteiger partial charge in [-0.3, -0.25) is 4.79 Å². The fraction of sp³-hybridized carbons (Fsp3) is 0.857. The molecular weight excluding hydrogens is 340 g/mol. The van der Waals surface area contributed by atoms with Crippen LogP contribution in [0.25, 0.3) is 0 Å². The highest BCUT2D eigenvalue weighted by Crippen LogP contribution is 2.10. The number of hydrogen-bond donors (Lipinski definition) is 1. The second-order valence-corrected chi connectivity index (χ2v) is 7.30. The molecule has 156 valence electrons. The van der Waals surface area contributed by atoms with Crippen LogP contribution in [0.5, 0.6) is 0 Å².